The van der Waals surface area contributed by atoms with Crippen molar-refractivity contribution in [2.75, 3.05) is 0 Å². The van der Waals surface area contributed by atoms with E-state index in [1.165, 1.54) is 13.0 Å². The summed E-state index contributed by atoms with van der Waals surface area (Å²) in [5.41, 5.74) is 1.47. The summed E-state index contributed by atoms with van der Waals surface area (Å²) in [4.78, 5) is 18.7. The third-order valence-corrected chi connectivity index (χ3v) is 4.33. The Morgan fingerprint density at radius 3 is 2.33 bits per heavy atom. The molecule has 1 aromatic rings. The quantitative estimate of drug-likeness (QED) is 0.615. The lowest BCUT2D eigenvalue weighted by molar-refractivity contribution is 0.346. The standard InChI is InChI=1S/C11H15O3P/c1-4-11(3,15(12,13)14)10-8-6-5-7-9(10)2/h4-8H,1H2,2-3H3,(H2,12,13,14). The Kier molecular flexibility index (Phi) is 3.19. The van der Waals surface area contributed by atoms with Crippen LogP contribution >= 0.6 is 7.60 Å². The van der Waals surface area contributed by atoms with Crippen molar-refractivity contribution in [2.24, 2.45) is 0 Å². The number of benzene rings is 1. The van der Waals surface area contributed by atoms with Crippen LogP contribution in [0.5, 0.6) is 0 Å². The van der Waals surface area contributed by atoms with Crippen LogP contribution in [0.4, 0.5) is 0 Å². The molecule has 0 bridgehead atoms. The molecule has 0 heterocycles. The highest BCUT2D eigenvalue weighted by Crippen LogP contribution is 2.58. The molecule has 2 N–H and O–H groups in total. The summed E-state index contributed by atoms with van der Waals surface area (Å²) < 4.78 is 11.5. The van der Waals surface area contributed by atoms with Gasteiger partial charge in [-0.05, 0) is 25.0 Å². The smallest absolute Gasteiger partial charge is 0.324 e. The Morgan fingerprint density at radius 2 is 1.93 bits per heavy atom. The Labute approximate surface area is 89.6 Å². The Morgan fingerprint density at radius 1 is 1.40 bits per heavy atom. The molecule has 0 saturated carbocycles. The number of hydrogen-bond donors (Lipinski definition) is 2. The number of hydrogen-bond acceptors (Lipinski definition) is 1. The van der Waals surface area contributed by atoms with Crippen LogP contribution in [0.25, 0.3) is 0 Å². The monoisotopic (exact) mass is 226 g/mol. The molecule has 82 valence electrons. The molecule has 0 aliphatic heterocycles. The van der Waals surface area contributed by atoms with E-state index in [0.29, 0.717) is 5.56 Å². The zero-order valence-electron chi connectivity index (χ0n) is 8.84. The normalized spacial score (nSPS) is 15.7. The topological polar surface area (TPSA) is 57.5 Å². The molecule has 0 radical (unpaired) electrons. The van der Waals surface area contributed by atoms with E-state index in [2.05, 4.69) is 6.58 Å². The zero-order chi connectivity index (χ0) is 11.7. The zero-order valence-corrected chi connectivity index (χ0v) is 9.74. The van der Waals surface area contributed by atoms with Crippen LogP contribution in [-0.2, 0) is 9.72 Å². The molecule has 1 unspecified atom stereocenters. The van der Waals surface area contributed by atoms with Gasteiger partial charge in [-0.25, -0.2) is 0 Å². The van der Waals surface area contributed by atoms with Crippen LogP contribution in [0.3, 0.4) is 0 Å². The molecule has 0 spiro atoms. The van der Waals surface area contributed by atoms with Crippen LogP contribution in [0, 0.1) is 6.92 Å². The van der Waals surface area contributed by atoms with Gasteiger partial charge in [-0.3, -0.25) is 4.57 Å². The van der Waals surface area contributed by atoms with E-state index in [1.54, 1.807) is 12.1 Å². The van der Waals surface area contributed by atoms with Gasteiger partial charge < -0.3 is 9.79 Å². The van der Waals surface area contributed by atoms with Crippen molar-refractivity contribution in [3.63, 3.8) is 0 Å². The summed E-state index contributed by atoms with van der Waals surface area (Å²) in [5, 5.41) is -1.31. The van der Waals surface area contributed by atoms with Crippen LogP contribution in [-0.4, -0.2) is 9.79 Å². The Hall–Kier alpha value is -0.890. The van der Waals surface area contributed by atoms with Crippen molar-refractivity contribution in [3.05, 3.63) is 48.0 Å². The van der Waals surface area contributed by atoms with Crippen molar-refractivity contribution in [3.8, 4) is 0 Å². The van der Waals surface area contributed by atoms with Gasteiger partial charge in [0.15, 0.2) is 0 Å². The molecular weight excluding hydrogens is 211 g/mol. The summed E-state index contributed by atoms with van der Waals surface area (Å²) in [5.74, 6) is 0. The fourth-order valence-corrected chi connectivity index (χ4v) is 2.33. The highest BCUT2D eigenvalue weighted by atomic mass is 31.2. The largest absolute Gasteiger partial charge is 0.339 e. The predicted octanol–water partition coefficient (Wildman–Crippen LogP) is 2.57. The molecule has 1 aromatic carbocycles. The highest BCUT2D eigenvalue weighted by Gasteiger charge is 2.41. The van der Waals surface area contributed by atoms with Gasteiger partial charge in [-0.1, -0.05) is 30.3 Å². The molecule has 3 nitrogen and oxygen atoms in total. The van der Waals surface area contributed by atoms with Gasteiger partial charge in [0.2, 0.25) is 0 Å². The van der Waals surface area contributed by atoms with E-state index in [9.17, 15) is 14.4 Å². The third kappa shape index (κ3) is 2.05. The van der Waals surface area contributed by atoms with Crippen LogP contribution in [0.1, 0.15) is 18.1 Å². The first-order valence-corrected chi connectivity index (χ1v) is 6.19. The van der Waals surface area contributed by atoms with Crippen molar-refractivity contribution in [2.45, 2.75) is 19.0 Å². The van der Waals surface area contributed by atoms with Gasteiger partial charge >= 0.3 is 7.60 Å². The van der Waals surface area contributed by atoms with Crippen molar-refractivity contribution < 1.29 is 14.4 Å². The predicted molar refractivity (Wildman–Crippen MR) is 60.8 cm³/mol. The minimum Gasteiger partial charge on any atom is -0.324 e. The van der Waals surface area contributed by atoms with Crippen LogP contribution in [0.2, 0.25) is 0 Å². The molecule has 0 aromatic heterocycles. The van der Waals surface area contributed by atoms with E-state index in [1.807, 2.05) is 19.1 Å². The number of allylic oxidation sites excluding steroid dienone is 1. The van der Waals surface area contributed by atoms with Gasteiger partial charge in [0, 0.05) is 0 Å². The second-order valence-corrected chi connectivity index (χ2v) is 5.73. The second kappa shape index (κ2) is 3.93. The van der Waals surface area contributed by atoms with Gasteiger partial charge in [0.05, 0.1) is 0 Å². The molecule has 0 fully saturated rings. The summed E-state index contributed by atoms with van der Waals surface area (Å²) >= 11 is 0. The molecule has 0 aliphatic rings. The third-order valence-electron chi connectivity index (χ3n) is 2.69. The first-order chi connectivity index (χ1) is 6.83. The van der Waals surface area contributed by atoms with E-state index < -0.39 is 12.8 Å². The maximum absolute atomic E-state index is 11.5. The van der Waals surface area contributed by atoms with E-state index in [4.69, 9.17) is 0 Å². The average molecular weight is 226 g/mol. The highest BCUT2D eigenvalue weighted by molar-refractivity contribution is 7.53. The van der Waals surface area contributed by atoms with Gasteiger partial charge in [-0.15, -0.1) is 6.58 Å². The molecular formula is C11H15O3P. The molecule has 0 saturated heterocycles. The minimum atomic E-state index is -4.25. The van der Waals surface area contributed by atoms with Crippen LogP contribution in [0.15, 0.2) is 36.9 Å². The maximum atomic E-state index is 11.5. The average Bonchev–Trinajstić information content (AvgIpc) is 2.15. The van der Waals surface area contributed by atoms with Crippen molar-refractivity contribution in [1.82, 2.24) is 0 Å². The Bertz CT molecular complexity index is 422. The molecule has 4 heteroatoms. The summed E-state index contributed by atoms with van der Waals surface area (Å²) in [6, 6.07) is 7.14. The van der Waals surface area contributed by atoms with E-state index in [-0.39, 0.29) is 0 Å². The molecule has 15 heavy (non-hydrogen) atoms. The summed E-state index contributed by atoms with van der Waals surface area (Å²) in [6.45, 7) is 6.85. The van der Waals surface area contributed by atoms with Gasteiger partial charge in [0.1, 0.15) is 5.16 Å². The van der Waals surface area contributed by atoms with Gasteiger partial charge in [-0.2, -0.15) is 0 Å². The first kappa shape index (κ1) is 12.2. The number of aryl methyl sites for hydroxylation is 1. The van der Waals surface area contributed by atoms with E-state index >= 15 is 0 Å². The van der Waals surface area contributed by atoms with Crippen molar-refractivity contribution in [1.29, 1.82) is 0 Å². The minimum absolute atomic E-state index is 0.619. The van der Waals surface area contributed by atoms with Crippen molar-refractivity contribution >= 4 is 7.60 Å². The van der Waals surface area contributed by atoms with Crippen LogP contribution < -0.4 is 0 Å². The van der Waals surface area contributed by atoms with Gasteiger partial charge in [0.25, 0.3) is 0 Å². The fourth-order valence-electron chi connectivity index (χ4n) is 1.53. The summed E-state index contributed by atoms with van der Waals surface area (Å²) in [7, 11) is -4.25. The molecule has 1 atom stereocenters. The first-order valence-electron chi connectivity index (χ1n) is 4.58. The lowest BCUT2D eigenvalue weighted by atomic mass is 9.96. The maximum Gasteiger partial charge on any atom is 0.339 e. The molecule has 0 aliphatic carbocycles. The second-order valence-electron chi connectivity index (χ2n) is 3.71. The Balaban J connectivity index is 3.43. The molecule has 1 rings (SSSR count). The summed E-state index contributed by atoms with van der Waals surface area (Å²) in [6.07, 6.45) is 1.32. The number of rotatable bonds is 3. The fraction of sp³-hybridized carbons (Fsp3) is 0.273. The van der Waals surface area contributed by atoms with E-state index in [0.717, 1.165) is 5.56 Å². The lowest BCUT2D eigenvalue weighted by Crippen LogP contribution is -2.20. The SMILES string of the molecule is C=CC(C)(c1ccccc1C)P(=O)(O)O. The molecule has 0 amide bonds. The lowest BCUT2D eigenvalue weighted by Gasteiger charge is -2.28.